The van der Waals surface area contributed by atoms with Gasteiger partial charge in [-0.2, -0.15) is 0 Å². The van der Waals surface area contributed by atoms with Gasteiger partial charge in [0, 0.05) is 18.5 Å². The zero-order valence-corrected chi connectivity index (χ0v) is 15.7. The van der Waals surface area contributed by atoms with E-state index in [0.717, 1.165) is 17.8 Å². The number of fused-ring (bicyclic) bond motifs is 1. The number of para-hydroxylation sites is 2. The van der Waals surface area contributed by atoms with Crippen molar-refractivity contribution in [2.24, 2.45) is 0 Å². The van der Waals surface area contributed by atoms with Crippen molar-refractivity contribution < 1.29 is 14.3 Å². The predicted octanol–water partition coefficient (Wildman–Crippen LogP) is 4.17. The van der Waals surface area contributed by atoms with Crippen LogP contribution in [0.25, 0.3) is 0 Å². The normalized spacial score (nSPS) is 12.9. The number of rotatable bonds is 7. The molecule has 2 amide bonds. The van der Waals surface area contributed by atoms with Crippen molar-refractivity contribution in [3.63, 3.8) is 0 Å². The molecule has 3 rings (SSSR count). The molecule has 0 bridgehead atoms. The maximum atomic E-state index is 12.6. The Morgan fingerprint density at radius 1 is 1.07 bits per heavy atom. The van der Waals surface area contributed by atoms with Crippen molar-refractivity contribution in [3.8, 4) is 5.75 Å². The average molecular weight is 366 g/mol. The molecule has 0 fully saturated rings. The van der Waals surface area contributed by atoms with Gasteiger partial charge >= 0.3 is 0 Å². The number of nitrogens with zero attached hydrogens (tertiary/aromatic N) is 1. The lowest BCUT2D eigenvalue weighted by atomic mass is 10.1. The number of carbonyl (C=O) groups is 2. The first-order chi connectivity index (χ1) is 13.2. The molecule has 0 aliphatic carbocycles. The summed E-state index contributed by atoms with van der Waals surface area (Å²) in [4.78, 5) is 26.5. The zero-order valence-electron chi connectivity index (χ0n) is 15.7. The number of nitrogens with one attached hydrogen (secondary N) is 1. The first kappa shape index (κ1) is 19.0. The van der Waals surface area contributed by atoms with Gasteiger partial charge < -0.3 is 15.0 Å². The van der Waals surface area contributed by atoms with Crippen LogP contribution in [0.2, 0.25) is 0 Å². The molecule has 0 radical (unpaired) electrons. The van der Waals surface area contributed by atoms with Gasteiger partial charge in [0.2, 0.25) is 11.8 Å². The molecule has 0 saturated carbocycles. The topological polar surface area (TPSA) is 58.6 Å². The molecule has 0 saturated heterocycles. The highest BCUT2D eigenvalue weighted by Gasteiger charge is 2.23. The van der Waals surface area contributed by atoms with Crippen molar-refractivity contribution >= 4 is 23.2 Å². The molecule has 1 aliphatic heterocycles. The van der Waals surface area contributed by atoms with Crippen LogP contribution in [0.15, 0.2) is 48.5 Å². The monoisotopic (exact) mass is 366 g/mol. The van der Waals surface area contributed by atoms with Crippen molar-refractivity contribution in [1.82, 2.24) is 0 Å². The fourth-order valence-electron chi connectivity index (χ4n) is 3.14. The molecule has 2 aromatic rings. The Morgan fingerprint density at radius 2 is 1.85 bits per heavy atom. The molecule has 142 valence electrons. The fourth-order valence-corrected chi connectivity index (χ4v) is 3.14. The lowest BCUT2D eigenvalue weighted by molar-refractivity contribution is -0.122. The largest absolute Gasteiger partial charge is 0.490 e. The number of hydrogen-bond acceptors (Lipinski definition) is 3. The molecular weight excluding hydrogens is 340 g/mol. The molecule has 2 aromatic carbocycles. The quantitative estimate of drug-likeness (QED) is 0.800. The number of aryl methyl sites for hydroxylation is 1. The van der Waals surface area contributed by atoms with Crippen LogP contribution in [-0.4, -0.2) is 25.0 Å². The molecule has 0 atom stereocenters. The molecule has 1 aliphatic rings. The minimum atomic E-state index is -0.147. The number of carbonyl (C=O) groups excluding carboxylic acids is 2. The lowest BCUT2D eigenvalue weighted by Crippen LogP contribution is -2.38. The van der Waals surface area contributed by atoms with Crippen molar-refractivity contribution in [2.75, 3.05) is 23.4 Å². The second kappa shape index (κ2) is 9.21. The van der Waals surface area contributed by atoms with Crippen LogP contribution in [0.1, 0.15) is 38.2 Å². The second-order valence-corrected chi connectivity index (χ2v) is 6.71. The molecule has 0 aromatic heterocycles. The first-order valence-corrected chi connectivity index (χ1v) is 9.58. The number of benzene rings is 2. The summed E-state index contributed by atoms with van der Waals surface area (Å²) in [6.45, 7) is 3.15. The highest BCUT2D eigenvalue weighted by molar-refractivity contribution is 5.99. The van der Waals surface area contributed by atoms with Crippen LogP contribution in [0.5, 0.6) is 5.75 Å². The maximum Gasteiger partial charge on any atom is 0.227 e. The van der Waals surface area contributed by atoms with Gasteiger partial charge in [-0.3, -0.25) is 9.59 Å². The maximum absolute atomic E-state index is 12.6. The third-order valence-corrected chi connectivity index (χ3v) is 4.65. The Balaban J connectivity index is 1.50. The molecule has 0 spiro atoms. The molecule has 5 nitrogen and oxygen atoms in total. The number of unbranched alkanes of at least 4 members (excludes halogenated alkanes) is 1. The summed E-state index contributed by atoms with van der Waals surface area (Å²) in [5.41, 5.74) is 2.82. The molecule has 1 heterocycles. The van der Waals surface area contributed by atoms with E-state index in [1.165, 1.54) is 18.4 Å². The van der Waals surface area contributed by atoms with Crippen LogP contribution < -0.4 is 15.0 Å². The molecule has 0 unspecified atom stereocenters. The SMILES string of the molecule is CCCCc1ccc(NC(=O)CCC(=O)N2CCOc3ccccc32)cc1. The Kier molecular flexibility index (Phi) is 6.47. The molecule has 5 heteroatoms. The molecular formula is C22H26N2O3. The van der Waals surface area contributed by atoms with Gasteiger partial charge in [-0.15, -0.1) is 0 Å². The second-order valence-electron chi connectivity index (χ2n) is 6.71. The third kappa shape index (κ3) is 5.09. The van der Waals surface area contributed by atoms with Crippen LogP contribution in [0.4, 0.5) is 11.4 Å². The summed E-state index contributed by atoms with van der Waals surface area (Å²) < 4.78 is 5.57. The highest BCUT2D eigenvalue weighted by Crippen LogP contribution is 2.31. The van der Waals surface area contributed by atoms with Crippen LogP contribution in [-0.2, 0) is 16.0 Å². The van der Waals surface area contributed by atoms with Crippen LogP contribution in [0.3, 0.4) is 0 Å². The Bertz CT molecular complexity index is 786. The summed E-state index contributed by atoms with van der Waals surface area (Å²) in [7, 11) is 0. The number of amides is 2. The van der Waals surface area contributed by atoms with Crippen LogP contribution in [0, 0.1) is 0 Å². The Labute approximate surface area is 160 Å². The van der Waals surface area contributed by atoms with E-state index in [-0.39, 0.29) is 24.7 Å². The minimum absolute atomic E-state index is 0.0594. The van der Waals surface area contributed by atoms with Crippen LogP contribution >= 0.6 is 0 Å². The summed E-state index contributed by atoms with van der Waals surface area (Å²) in [5.74, 6) is 0.506. The summed E-state index contributed by atoms with van der Waals surface area (Å²) >= 11 is 0. The smallest absolute Gasteiger partial charge is 0.227 e. The fraction of sp³-hybridized carbons (Fsp3) is 0.364. The van der Waals surface area contributed by atoms with Gasteiger partial charge in [-0.05, 0) is 42.7 Å². The Hall–Kier alpha value is -2.82. The lowest BCUT2D eigenvalue weighted by Gasteiger charge is -2.29. The van der Waals surface area contributed by atoms with E-state index in [9.17, 15) is 9.59 Å². The van der Waals surface area contributed by atoms with E-state index in [0.29, 0.717) is 18.9 Å². The third-order valence-electron chi connectivity index (χ3n) is 4.65. The van der Waals surface area contributed by atoms with E-state index in [1.807, 2.05) is 48.5 Å². The van der Waals surface area contributed by atoms with Gasteiger partial charge in [-0.1, -0.05) is 37.6 Å². The van der Waals surface area contributed by atoms with Gasteiger partial charge in [0.05, 0.1) is 12.2 Å². The van der Waals surface area contributed by atoms with Crippen molar-refractivity contribution in [3.05, 3.63) is 54.1 Å². The van der Waals surface area contributed by atoms with E-state index in [2.05, 4.69) is 12.2 Å². The minimum Gasteiger partial charge on any atom is -0.490 e. The first-order valence-electron chi connectivity index (χ1n) is 9.58. The summed E-state index contributed by atoms with van der Waals surface area (Å²) in [5, 5.41) is 2.87. The van der Waals surface area contributed by atoms with Crippen molar-refractivity contribution in [2.45, 2.75) is 39.0 Å². The Morgan fingerprint density at radius 3 is 2.63 bits per heavy atom. The van der Waals surface area contributed by atoms with E-state index in [1.54, 1.807) is 4.90 Å². The van der Waals surface area contributed by atoms with E-state index >= 15 is 0 Å². The number of ether oxygens (including phenoxy) is 1. The van der Waals surface area contributed by atoms with Gasteiger partial charge in [0.1, 0.15) is 12.4 Å². The summed E-state index contributed by atoms with van der Waals surface area (Å²) in [6, 6.07) is 15.4. The van der Waals surface area contributed by atoms with E-state index < -0.39 is 0 Å². The van der Waals surface area contributed by atoms with Gasteiger partial charge in [-0.25, -0.2) is 0 Å². The molecule has 1 N–H and O–H groups in total. The summed E-state index contributed by atoms with van der Waals surface area (Å²) in [6.07, 6.45) is 3.73. The average Bonchev–Trinajstić information content (AvgIpc) is 2.71. The standard InChI is InChI=1S/C22H26N2O3/c1-2-3-6-17-9-11-18(12-10-17)23-21(25)13-14-22(26)24-15-16-27-20-8-5-4-7-19(20)24/h4-5,7-12H,2-3,6,13-16H2,1H3,(H,23,25). The number of anilines is 2. The number of hydrogen-bond donors (Lipinski definition) is 1. The van der Waals surface area contributed by atoms with Gasteiger partial charge in [0.25, 0.3) is 0 Å². The molecule has 27 heavy (non-hydrogen) atoms. The predicted molar refractivity (Wildman–Crippen MR) is 107 cm³/mol. The highest BCUT2D eigenvalue weighted by atomic mass is 16.5. The zero-order chi connectivity index (χ0) is 19.1. The van der Waals surface area contributed by atoms with E-state index in [4.69, 9.17) is 4.74 Å². The van der Waals surface area contributed by atoms with Crippen molar-refractivity contribution in [1.29, 1.82) is 0 Å². The van der Waals surface area contributed by atoms with Gasteiger partial charge in [0.15, 0.2) is 0 Å².